The van der Waals surface area contributed by atoms with Gasteiger partial charge in [0.2, 0.25) is 0 Å². The average Bonchev–Trinajstić information content (AvgIpc) is 0.635. The lowest BCUT2D eigenvalue weighted by atomic mass is 9.76. The highest BCUT2D eigenvalue weighted by molar-refractivity contribution is 6.34. The fourth-order valence-electron chi connectivity index (χ4n) is 12.4. The van der Waals surface area contributed by atoms with Gasteiger partial charge in [-0.3, -0.25) is 38.4 Å². The Labute approximate surface area is 810 Å². The zero-order valence-corrected chi connectivity index (χ0v) is 69.5. The van der Waals surface area contributed by atoms with Gasteiger partial charge in [-0.15, -0.1) is 0 Å². The molecule has 8 aromatic rings. The minimum Gasteiger partial charge on any atom is -0.315 e. The van der Waals surface area contributed by atoms with Crippen molar-refractivity contribution in [2.75, 3.05) is 0 Å². The first-order chi connectivity index (χ1) is 74.6. The number of benzene rings is 8. The van der Waals surface area contributed by atoms with Crippen LogP contribution in [0.2, 0.25) is 40.2 Å². The molecule has 8 aliphatic rings. The van der Waals surface area contributed by atoms with Crippen LogP contribution in [-0.2, 0) is 82.7 Å². The maximum atomic E-state index is 12.6. The van der Waals surface area contributed by atoms with Crippen LogP contribution < -0.4 is 45.9 Å². The number of halogens is 8. The summed E-state index contributed by atoms with van der Waals surface area (Å²) in [6, 6.07) is 31.6. The Kier molecular flexibility index (Phi) is 18.7. The summed E-state index contributed by atoms with van der Waals surface area (Å²) >= 11 is 47.9. The first-order valence-corrected chi connectivity index (χ1v) is 39.3. The molecule has 0 spiro atoms. The van der Waals surface area contributed by atoms with Crippen LogP contribution in [-0.4, -0.2) is 46.3 Å². The highest BCUT2D eigenvalue weighted by Gasteiger charge is 2.46. The normalized spacial score (nSPS) is 40.3. The number of carbonyl (C=O) groups is 8. The summed E-state index contributed by atoms with van der Waals surface area (Å²) in [5.41, 5.74) is 30.1. The quantitative estimate of drug-likeness (QED) is 0.0701. The van der Waals surface area contributed by atoms with Crippen molar-refractivity contribution in [3.8, 4) is 0 Å². The maximum Gasteiger partial charge on any atom is 0.157 e. The van der Waals surface area contributed by atoms with Crippen molar-refractivity contribution in [1.82, 2.24) is 0 Å². The lowest BCUT2D eigenvalue weighted by Crippen LogP contribution is -2.47. The van der Waals surface area contributed by atoms with E-state index in [0.717, 1.165) is 0 Å². The molecule has 8 unspecified atom stereocenters. The van der Waals surface area contributed by atoms with Crippen LogP contribution in [0.25, 0.3) is 0 Å². The van der Waals surface area contributed by atoms with Crippen molar-refractivity contribution >= 4 is 139 Å². The second-order valence-electron chi connectivity index (χ2n) is 27.0. The molecule has 8 aromatic carbocycles. The zero-order valence-electron chi connectivity index (χ0n) is 109. The lowest BCUT2D eigenvalue weighted by Gasteiger charge is -2.32. The molecule has 8 aliphatic carbocycles. The van der Waals surface area contributed by atoms with Crippen molar-refractivity contribution in [3.63, 3.8) is 0 Å². The van der Waals surface area contributed by atoms with Gasteiger partial charge in [-0.1, -0.05) is 289 Å². The number of ketones is 8. The molecular formula is C96H112Cl8N8O8. The van der Waals surface area contributed by atoms with Gasteiger partial charge < -0.3 is 45.9 Å². The van der Waals surface area contributed by atoms with Crippen molar-refractivity contribution < 1.29 is 101 Å². The van der Waals surface area contributed by atoms with Crippen LogP contribution in [0.15, 0.2) is 194 Å². The molecule has 0 aliphatic heterocycles. The summed E-state index contributed by atoms with van der Waals surface area (Å²) in [6.07, 6.45) is -54.3. The van der Waals surface area contributed by atoms with E-state index in [-0.39, 0.29) is 123 Å². The number of rotatable bonds is 8. The van der Waals surface area contributed by atoms with Crippen molar-refractivity contribution in [3.05, 3.63) is 279 Å². The fraction of sp³-hybridized carbons (Fsp3) is 0.417. The molecule has 16 rings (SSSR count). The van der Waals surface area contributed by atoms with E-state index in [2.05, 4.69) is 0 Å². The molecule has 24 heteroatoms. The van der Waals surface area contributed by atoms with Gasteiger partial charge in [-0.25, -0.2) is 0 Å². The van der Waals surface area contributed by atoms with Crippen LogP contribution in [0.4, 0.5) is 0 Å². The highest BCUT2D eigenvalue weighted by atomic mass is 35.5. The predicted octanol–water partition coefficient (Wildman–Crippen LogP) is 21.1. The molecule has 0 radical (unpaired) electrons. The Balaban J connectivity index is 0.000000209. The molecule has 16 nitrogen and oxygen atoms in total. The van der Waals surface area contributed by atoms with Gasteiger partial charge in [0.1, 0.15) is 44.3 Å². The van der Waals surface area contributed by atoms with Gasteiger partial charge in [0.25, 0.3) is 0 Å². The summed E-state index contributed by atoms with van der Waals surface area (Å²) < 4.78 is 359. The minimum absolute atomic E-state index is 0.00859. The van der Waals surface area contributed by atoms with E-state index in [1.165, 1.54) is 103 Å². The van der Waals surface area contributed by atoms with Crippen LogP contribution >= 0.6 is 92.8 Å². The Bertz CT molecular complexity index is 7250. The van der Waals surface area contributed by atoms with Crippen molar-refractivity contribution in [2.24, 2.45) is 45.9 Å². The SMILES string of the molecule is [2H]C1([2H])C(=O)C(N)(c2ccccc2Cl)C([2H])([2H])C([2H])([2H])C1([2H])[2H].[2H]C1([2H])CC(=O)C(N)(c2ccccc2Cl)C([2H])([2H])C1.[2H]C1([2H])CC(=O)C(N)(c2ccccc2Cl)C([2H])([2H])C1([2H])[2H].[2H]C1([2H])CC([2H])([2H])C(N)(c2ccccc2Cl)C(=O)C1([2H])[2H].[2H]C1([2H])CC([2H])([2H])C([2H])([2H])C(N)(c2ccccc2Cl)C1=O.[2H]C1([2H])CCC(=O)C(N)(c2ccccc2Cl)C1([2H])[2H].[2H]c1c([2H])c([2H])c(C2(N)CCC([2H])([2H])CC2=O)c(Cl)c1[2H].[2H]c1c([2H])c([2H])c(C2(N)CCCC([2H])([2H])C2=O)c(Cl)c1[2H]. The molecule has 8 saturated carbocycles. The molecule has 0 heterocycles. The van der Waals surface area contributed by atoms with Gasteiger partial charge >= 0.3 is 0 Å². The van der Waals surface area contributed by atoms with E-state index in [1.54, 1.807) is 42.5 Å². The van der Waals surface area contributed by atoms with Gasteiger partial charge in [-0.2, -0.15) is 0 Å². The molecule has 0 bridgehead atoms. The molecule has 0 amide bonds. The zero-order chi connectivity index (χ0) is 128. The van der Waals surface area contributed by atoms with Crippen LogP contribution in [0.1, 0.15) is 312 Å². The van der Waals surface area contributed by atoms with Gasteiger partial charge in [-0.05, 0) is 195 Å². The topological polar surface area (TPSA) is 345 Å². The molecule has 8 fully saturated rings. The molecule has 8 atom stereocenters. The summed E-state index contributed by atoms with van der Waals surface area (Å²) in [4.78, 5) is 99.0. The van der Waals surface area contributed by atoms with Crippen LogP contribution in [0.3, 0.4) is 0 Å². The Hall–Kier alpha value is -6.88. The largest absolute Gasteiger partial charge is 0.315 e. The Morgan fingerprint density at radius 1 is 0.225 bits per heavy atom. The van der Waals surface area contributed by atoms with E-state index in [1.807, 2.05) is 0 Å². The third kappa shape index (κ3) is 23.2. The van der Waals surface area contributed by atoms with Crippen molar-refractivity contribution in [2.45, 2.75) is 249 Å². The predicted molar refractivity (Wildman–Crippen MR) is 486 cm³/mol. The van der Waals surface area contributed by atoms with Crippen LogP contribution in [0, 0.1) is 0 Å². The molecular weight excluding hydrogens is 1680 g/mol. The van der Waals surface area contributed by atoms with Gasteiger partial charge in [0.05, 0.1) is 11.0 Å². The smallest absolute Gasteiger partial charge is 0.157 e. The number of carbonyl (C=O) groups excluding carboxylic acids is 8. The Morgan fingerprint density at radius 3 is 0.917 bits per heavy atom. The third-order valence-electron chi connectivity index (χ3n) is 19.2. The fourth-order valence-corrected chi connectivity index (χ4v) is 14.6. The van der Waals surface area contributed by atoms with E-state index in [0.29, 0.717) is 6.42 Å². The number of hydrogen-bond acceptors (Lipinski definition) is 16. The van der Waals surface area contributed by atoms with Gasteiger partial charge in [0, 0.05) is 143 Å². The highest BCUT2D eigenvalue weighted by Crippen LogP contribution is 2.44. The summed E-state index contributed by atoms with van der Waals surface area (Å²) in [6.45, 7) is 0. The molecule has 0 saturated heterocycles. The average molecular weight is 1840 g/mol. The van der Waals surface area contributed by atoms with E-state index >= 15 is 0 Å². The van der Waals surface area contributed by atoms with E-state index in [4.69, 9.17) is 202 Å². The molecule has 640 valence electrons. The second-order valence-corrected chi connectivity index (χ2v) is 30.2. The lowest BCUT2D eigenvalue weighted by molar-refractivity contribution is -0.127. The summed E-state index contributed by atoms with van der Waals surface area (Å²) in [7, 11) is 0. The first-order valence-electron chi connectivity index (χ1n) is 59.3. The molecule has 120 heavy (non-hydrogen) atoms. The third-order valence-corrected chi connectivity index (χ3v) is 21.7. The summed E-state index contributed by atoms with van der Waals surface area (Å²) in [5, 5.41) is -0.295. The number of nitrogens with two attached hydrogens (primary N) is 8. The Morgan fingerprint density at radius 2 is 0.500 bits per heavy atom. The standard InChI is InChI=1S/8C12H14ClNO/c8*13-10-6-2-1-5-9(10)12(14)8-4-3-7-11(12)15/h8*1-2,5-6H,3-4,7-8,14H2/i1D,2D,5D,6D,7D2;1D,2D,3D2,5D,6D;3D2,4D2,7D2,8D2;4D2,7D2,8D2;3D2,7D2,8D2;3D2,4D2,8D2;4D2,8D2;3D2,8D2. The van der Waals surface area contributed by atoms with Crippen molar-refractivity contribution in [1.29, 1.82) is 0 Å². The second kappa shape index (κ2) is 44.1. The minimum atomic E-state index is -3.43. The maximum absolute atomic E-state index is 12.6. The molecule has 0 aromatic heterocycles. The van der Waals surface area contributed by atoms with E-state index < -0.39 is 299 Å². The van der Waals surface area contributed by atoms with Crippen LogP contribution in [0.5, 0.6) is 0 Å². The monoisotopic (exact) mass is 1830 g/mol. The van der Waals surface area contributed by atoms with Gasteiger partial charge in [0.15, 0.2) is 46.3 Å². The molecule has 16 N–H and O–H groups in total. The van der Waals surface area contributed by atoms with E-state index in [9.17, 15) is 38.4 Å². The first kappa shape index (κ1) is 50.9. The number of Topliss-reactive ketones (excluding diaryl/α,β-unsaturated/α-hetero) is 8. The number of hydrogen-bond donors (Lipinski definition) is 8. The summed E-state index contributed by atoms with van der Waals surface area (Å²) in [5.74, 6) is -7.75.